The second-order valence-corrected chi connectivity index (χ2v) is 15.4. The van der Waals surface area contributed by atoms with Crippen molar-refractivity contribution in [1.29, 1.82) is 0 Å². The number of hydrogen-bond acceptors (Lipinski definition) is 1. The van der Waals surface area contributed by atoms with Crippen LogP contribution in [0.1, 0.15) is 106 Å². The van der Waals surface area contributed by atoms with Gasteiger partial charge in [0.05, 0.1) is 6.10 Å². The molecule has 31 heavy (non-hydrogen) atoms. The van der Waals surface area contributed by atoms with Gasteiger partial charge in [0.15, 0.2) is 0 Å². The van der Waals surface area contributed by atoms with E-state index in [2.05, 4.69) is 59.4 Å². The minimum Gasteiger partial charge on any atom is -0.393 e. The summed E-state index contributed by atoms with van der Waals surface area (Å²) in [4.78, 5) is 0. The van der Waals surface area contributed by atoms with Crippen molar-refractivity contribution in [2.24, 2.45) is 39.4 Å². The van der Waals surface area contributed by atoms with Crippen LogP contribution in [0.15, 0.2) is 11.1 Å². The standard InChI is InChI=1S/C29H50OS/c1-20(10-9-19-31(7)8)21-13-17-29(6)23-11-12-24-26(2,3)25(30)15-16-27(24,4)22(23)14-18-28(21,29)5/h19-21,24-25,30H,9-18H2,1-8H3/t20-,21-,24?,25?,27-,28+,29+/m1/s1. The third-order valence-corrected chi connectivity index (χ3v) is 12.5. The third kappa shape index (κ3) is 3.48. The lowest BCUT2D eigenvalue weighted by Gasteiger charge is -2.62. The van der Waals surface area contributed by atoms with E-state index in [0.29, 0.717) is 32.6 Å². The van der Waals surface area contributed by atoms with Crippen LogP contribution >= 0.6 is 10.5 Å². The largest absolute Gasteiger partial charge is 0.393 e. The van der Waals surface area contributed by atoms with Crippen molar-refractivity contribution in [2.45, 2.75) is 112 Å². The molecule has 0 heterocycles. The molecule has 0 aliphatic heterocycles. The molecule has 2 saturated carbocycles. The first-order chi connectivity index (χ1) is 14.4. The molecule has 0 aromatic rings. The van der Waals surface area contributed by atoms with Crippen LogP contribution in [0.5, 0.6) is 0 Å². The Kier molecular flexibility index (Phi) is 6.21. The monoisotopic (exact) mass is 446 g/mol. The highest BCUT2D eigenvalue weighted by Crippen LogP contribution is 2.72. The summed E-state index contributed by atoms with van der Waals surface area (Å²) in [5.74, 6) is 2.36. The highest BCUT2D eigenvalue weighted by molar-refractivity contribution is 8.13. The normalized spacial score (nSPS) is 45.2. The Balaban J connectivity index is 1.65. The van der Waals surface area contributed by atoms with Gasteiger partial charge in [0, 0.05) is 0 Å². The Labute approximate surface area is 195 Å². The van der Waals surface area contributed by atoms with E-state index in [0.717, 1.165) is 18.3 Å². The van der Waals surface area contributed by atoms with E-state index in [1.165, 1.54) is 57.8 Å². The highest BCUT2D eigenvalue weighted by atomic mass is 32.2. The molecule has 2 heteroatoms. The summed E-state index contributed by atoms with van der Waals surface area (Å²) in [5, 5.41) is 13.4. The van der Waals surface area contributed by atoms with Gasteiger partial charge in [-0.2, -0.15) is 10.5 Å². The Morgan fingerprint density at radius 3 is 2.35 bits per heavy atom. The number of allylic oxidation sites excluding steroid dienone is 2. The minimum atomic E-state index is -0.128. The molecule has 0 bridgehead atoms. The molecule has 0 amide bonds. The molecule has 0 aromatic heterocycles. The van der Waals surface area contributed by atoms with Gasteiger partial charge < -0.3 is 5.11 Å². The van der Waals surface area contributed by atoms with Gasteiger partial charge in [-0.1, -0.05) is 58.1 Å². The van der Waals surface area contributed by atoms with Crippen molar-refractivity contribution in [3.8, 4) is 0 Å². The Morgan fingerprint density at radius 2 is 1.68 bits per heavy atom. The van der Waals surface area contributed by atoms with Gasteiger partial charge in [-0.05, 0) is 116 Å². The number of aliphatic hydroxyl groups excluding tert-OH is 1. The molecular formula is C29H50OS. The van der Waals surface area contributed by atoms with Gasteiger partial charge >= 0.3 is 0 Å². The average molecular weight is 447 g/mol. The van der Waals surface area contributed by atoms with E-state index < -0.39 is 0 Å². The lowest BCUT2D eigenvalue weighted by atomic mass is 9.43. The van der Waals surface area contributed by atoms with Gasteiger partial charge in [-0.25, -0.2) is 0 Å². The first-order valence-corrected chi connectivity index (χ1v) is 15.3. The molecule has 2 fully saturated rings. The number of hydrogen-bond donors (Lipinski definition) is 1. The van der Waals surface area contributed by atoms with Crippen molar-refractivity contribution in [1.82, 2.24) is 0 Å². The lowest BCUT2D eigenvalue weighted by molar-refractivity contribution is -0.0962. The van der Waals surface area contributed by atoms with Crippen LogP contribution in [-0.4, -0.2) is 29.1 Å². The van der Waals surface area contributed by atoms with Crippen LogP contribution in [0, 0.1) is 39.4 Å². The summed E-state index contributed by atoms with van der Waals surface area (Å²) in [5.41, 5.74) is 4.98. The molecule has 0 aromatic carbocycles. The van der Waals surface area contributed by atoms with Crippen LogP contribution in [0.2, 0.25) is 0 Å². The second-order valence-electron chi connectivity index (χ2n) is 13.3. The molecule has 4 aliphatic rings. The SMILES string of the molecule is C[C@H](CCC=S(C)C)[C@H]1CC[C@@]2(C)C3=C(CC[C@@]12C)[C@@]1(C)CCC(O)C(C)(C)C1CC3. The van der Waals surface area contributed by atoms with Crippen LogP contribution in [0.4, 0.5) is 0 Å². The Hall–Kier alpha value is -0.0800. The lowest BCUT2D eigenvalue weighted by Crippen LogP contribution is -2.55. The number of fused-ring (bicyclic) bond motifs is 4. The minimum absolute atomic E-state index is 0.0491. The number of aliphatic hydroxyl groups is 1. The average Bonchev–Trinajstić information content (AvgIpc) is 2.96. The van der Waals surface area contributed by atoms with Gasteiger partial charge in [0.25, 0.3) is 0 Å². The van der Waals surface area contributed by atoms with Crippen molar-refractivity contribution in [3.05, 3.63) is 11.1 Å². The van der Waals surface area contributed by atoms with E-state index >= 15 is 0 Å². The first kappa shape index (κ1) is 24.1. The summed E-state index contributed by atoms with van der Waals surface area (Å²) in [6, 6.07) is 0. The smallest absolute Gasteiger partial charge is 0.0594 e. The van der Waals surface area contributed by atoms with Crippen molar-refractivity contribution >= 4 is 15.9 Å². The zero-order valence-corrected chi connectivity index (χ0v) is 22.6. The molecular weight excluding hydrogens is 396 g/mol. The summed E-state index contributed by atoms with van der Waals surface area (Å²) >= 11 is 0. The molecule has 1 N–H and O–H groups in total. The van der Waals surface area contributed by atoms with Crippen molar-refractivity contribution in [3.63, 3.8) is 0 Å². The maximum absolute atomic E-state index is 10.8. The van der Waals surface area contributed by atoms with Gasteiger partial charge in [0.2, 0.25) is 0 Å². The van der Waals surface area contributed by atoms with Crippen molar-refractivity contribution in [2.75, 3.05) is 12.5 Å². The van der Waals surface area contributed by atoms with E-state index in [-0.39, 0.29) is 11.5 Å². The zero-order valence-electron chi connectivity index (χ0n) is 21.8. The molecule has 4 rings (SSSR count). The van der Waals surface area contributed by atoms with Gasteiger partial charge in [-0.15, -0.1) is 0 Å². The quantitative estimate of drug-likeness (QED) is 0.344. The van der Waals surface area contributed by atoms with E-state index in [9.17, 15) is 5.11 Å². The van der Waals surface area contributed by atoms with Crippen molar-refractivity contribution < 1.29 is 5.11 Å². The highest BCUT2D eigenvalue weighted by Gasteiger charge is 2.63. The maximum Gasteiger partial charge on any atom is 0.0594 e. The first-order valence-electron chi connectivity index (χ1n) is 13.2. The topological polar surface area (TPSA) is 20.2 Å². The molecule has 0 spiro atoms. The molecule has 0 saturated heterocycles. The summed E-state index contributed by atoms with van der Waals surface area (Å²) in [6.45, 7) is 15.2. The molecule has 7 atom stereocenters. The molecule has 2 unspecified atom stereocenters. The fourth-order valence-electron chi connectivity index (χ4n) is 9.40. The fourth-order valence-corrected chi connectivity index (χ4v) is 10.0. The fraction of sp³-hybridized carbons (Fsp3) is 0.897. The number of rotatable bonds is 4. The summed E-state index contributed by atoms with van der Waals surface area (Å²) < 4.78 is 0. The molecule has 4 aliphatic carbocycles. The second kappa shape index (κ2) is 8.00. The van der Waals surface area contributed by atoms with Crippen LogP contribution in [-0.2, 0) is 0 Å². The van der Waals surface area contributed by atoms with Gasteiger partial charge in [0.1, 0.15) is 0 Å². The van der Waals surface area contributed by atoms with Gasteiger partial charge in [-0.3, -0.25) is 0 Å². The van der Waals surface area contributed by atoms with E-state index in [1.807, 2.05) is 11.1 Å². The predicted octanol–water partition coefficient (Wildman–Crippen LogP) is 7.84. The molecule has 178 valence electrons. The van der Waals surface area contributed by atoms with Crippen LogP contribution in [0.3, 0.4) is 0 Å². The predicted molar refractivity (Wildman–Crippen MR) is 139 cm³/mol. The molecule has 0 radical (unpaired) electrons. The van der Waals surface area contributed by atoms with E-state index in [1.54, 1.807) is 0 Å². The van der Waals surface area contributed by atoms with Crippen LogP contribution in [0.25, 0.3) is 0 Å². The summed E-state index contributed by atoms with van der Waals surface area (Å²) in [7, 11) is 0.466. The van der Waals surface area contributed by atoms with Crippen LogP contribution < -0.4 is 0 Å². The molecule has 1 nitrogen and oxygen atoms in total. The maximum atomic E-state index is 10.8. The third-order valence-electron chi connectivity index (χ3n) is 11.6. The zero-order chi connectivity index (χ0) is 22.8. The Bertz CT molecular complexity index is 774. The summed E-state index contributed by atoms with van der Waals surface area (Å²) in [6.07, 6.45) is 17.5. The Morgan fingerprint density at radius 1 is 0.968 bits per heavy atom. The van der Waals surface area contributed by atoms with E-state index in [4.69, 9.17) is 0 Å².